The quantitative estimate of drug-likeness (QED) is 0.511. The summed E-state index contributed by atoms with van der Waals surface area (Å²) in [5.41, 5.74) is 2.04. The van der Waals surface area contributed by atoms with E-state index in [1.165, 1.54) is 12.1 Å². The zero-order valence-corrected chi connectivity index (χ0v) is 16.6. The largest absolute Gasteiger partial charge is 0.451 e. The van der Waals surface area contributed by atoms with Crippen LogP contribution < -0.4 is 10.2 Å². The van der Waals surface area contributed by atoms with Crippen LogP contribution in [0.2, 0.25) is 0 Å². The van der Waals surface area contributed by atoms with Crippen molar-refractivity contribution in [1.29, 1.82) is 0 Å². The smallest absolute Gasteiger partial charge is 0.291 e. The van der Waals surface area contributed by atoms with Crippen LogP contribution in [0.3, 0.4) is 0 Å². The van der Waals surface area contributed by atoms with Crippen LogP contribution in [0.1, 0.15) is 10.6 Å². The minimum absolute atomic E-state index is 0.0710. The van der Waals surface area contributed by atoms with Gasteiger partial charge >= 0.3 is 0 Å². The third kappa shape index (κ3) is 4.18. The topological polar surface area (TPSA) is 91.9 Å². The van der Waals surface area contributed by atoms with Gasteiger partial charge in [0.2, 0.25) is 0 Å². The number of para-hydroxylation sites is 1. The lowest BCUT2D eigenvalue weighted by Gasteiger charge is -2.34. The van der Waals surface area contributed by atoms with Crippen molar-refractivity contribution >= 4 is 23.0 Å². The maximum absolute atomic E-state index is 12.5. The Kier molecular flexibility index (Phi) is 5.49. The van der Waals surface area contributed by atoms with E-state index in [-0.39, 0.29) is 17.2 Å². The molecular formula is C22H22N4O4. The summed E-state index contributed by atoms with van der Waals surface area (Å²) in [4.78, 5) is 27.9. The van der Waals surface area contributed by atoms with Crippen molar-refractivity contribution in [3.05, 3.63) is 76.5 Å². The van der Waals surface area contributed by atoms with Gasteiger partial charge in [-0.05, 0) is 49.5 Å². The number of likely N-dealkylation sites (N-methyl/N-ethyl adjacent to an activating group) is 1. The van der Waals surface area contributed by atoms with E-state index in [9.17, 15) is 14.9 Å². The summed E-state index contributed by atoms with van der Waals surface area (Å²) in [7, 11) is 2.12. The third-order valence-electron chi connectivity index (χ3n) is 5.19. The molecule has 1 saturated heterocycles. The van der Waals surface area contributed by atoms with Crippen molar-refractivity contribution in [2.45, 2.75) is 0 Å². The Labute approximate surface area is 173 Å². The number of nitrogens with one attached hydrogen (secondary N) is 1. The molecule has 0 atom stereocenters. The molecule has 0 radical (unpaired) electrons. The van der Waals surface area contributed by atoms with Crippen LogP contribution in [0, 0.1) is 10.1 Å². The van der Waals surface area contributed by atoms with E-state index in [2.05, 4.69) is 22.2 Å². The normalized spacial score (nSPS) is 14.5. The average Bonchev–Trinajstić information content (AvgIpc) is 3.25. The number of nitrogens with zero attached hydrogens (tertiary/aromatic N) is 3. The van der Waals surface area contributed by atoms with E-state index in [0.29, 0.717) is 11.3 Å². The number of amides is 1. The molecule has 1 aliphatic heterocycles. The number of carbonyl (C=O) groups is 1. The van der Waals surface area contributed by atoms with Gasteiger partial charge in [0.1, 0.15) is 5.76 Å². The molecule has 1 N–H and O–H groups in total. The van der Waals surface area contributed by atoms with Gasteiger partial charge in [0, 0.05) is 43.6 Å². The number of nitro benzene ring substituents is 1. The van der Waals surface area contributed by atoms with E-state index in [4.69, 9.17) is 4.42 Å². The number of benzene rings is 2. The molecule has 2 heterocycles. The first-order chi connectivity index (χ1) is 14.5. The molecule has 3 aromatic rings. The van der Waals surface area contributed by atoms with Gasteiger partial charge < -0.3 is 19.5 Å². The van der Waals surface area contributed by atoms with E-state index in [0.717, 1.165) is 31.9 Å². The number of nitro groups is 1. The lowest BCUT2D eigenvalue weighted by molar-refractivity contribution is -0.384. The summed E-state index contributed by atoms with van der Waals surface area (Å²) in [6, 6.07) is 17.0. The van der Waals surface area contributed by atoms with Gasteiger partial charge in [-0.2, -0.15) is 0 Å². The van der Waals surface area contributed by atoms with Crippen LogP contribution in [0.5, 0.6) is 0 Å². The van der Waals surface area contributed by atoms with Crippen LogP contribution in [0.25, 0.3) is 11.3 Å². The zero-order valence-electron chi connectivity index (χ0n) is 16.6. The highest BCUT2D eigenvalue weighted by atomic mass is 16.6. The maximum atomic E-state index is 12.5. The number of carbonyl (C=O) groups excluding carboxylic acids is 1. The minimum Gasteiger partial charge on any atom is -0.451 e. The molecule has 154 valence electrons. The summed E-state index contributed by atoms with van der Waals surface area (Å²) < 4.78 is 5.59. The summed E-state index contributed by atoms with van der Waals surface area (Å²) >= 11 is 0. The average molecular weight is 406 g/mol. The summed E-state index contributed by atoms with van der Waals surface area (Å²) in [5.74, 6) is -0.0451. The molecule has 4 rings (SSSR count). The van der Waals surface area contributed by atoms with E-state index in [1.54, 1.807) is 24.3 Å². The molecule has 0 spiro atoms. The summed E-state index contributed by atoms with van der Waals surface area (Å²) in [6.07, 6.45) is 0. The van der Waals surface area contributed by atoms with Gasteiger partial charge in [0.25, 0.3) is 11.6 Å². The van der Waals surface area contributed by atoms with Crippen LogP contribution >= 0.6 is 0 Å². The standard InChI is InChI=1S/C22H22N4O4/c1-24-12-14-25(15-13-24)17-8-6-16(7-9-17)23-22(27)21-11-10-20(30-21)18-4-2-3-5-19(18)26(28)29/h2-11H,12-15H2,1H3,(H,23,27). The number of anilines is 2. The number of furan rings is 1. The molecule has 0 unspecified atom stereocenters. The monoisotopic (exact) mass is 406 g/mol. The Morgan fingerprint density at radius 3 is 2.40 bits per heavy atom. The van der Waals surface area contributed by atoms with Gasteiger partial charge in [-0.15, -0.1) is 0 Å². The van der Waals surface area contributed by atoms with Gasteiger partial charge in [0.05, 0.1) is 10.5 Å². The Hall–Kier alpha value is -3.65. The number of rotatable bonds is 5. The molecule has 8 nitrogen and oxygen atoms in total. The van der Waals surface area contributed by atoms with Crippen molar-refractivity contribution in [3.63, 3.8) is 0 Å². The molecule has 1 amide bonds. The zero-order chi connectivity index (χ0) is 21.1. The van der Waals surface area contributed by atoms with Gasteiger partial charge in [0.15, 0.2) is 5.76 Å². The van der Waals surface area contributed by atoms with Crippen LogP contribution in [0.4, 0.5) is 17.1 Å². The highest BCUT2D eigenvalue weighted by molar-refractivity contribution is 6.02. The van der Waals surface area contributed by atoms with Gasteiger partial charge in [-0.3, -0.25) is 14.9 Å². The van der Waals surface area contributed by atoms with Crippen molar-refractivity contribution in [1.82, 2.24) is 4.90 Å². The number of piperazine rings is 1. The molecule has 2 aromatic carbocycles. The highest BCUT2D eigenvalue weighted by Crippen LogP contribution is 2.31. The molecular weight excluding hydrogens is 384 g/mol. The van der Waals surface area contributed by atoms with E-state index >= 15 is 0 Å². The first kappa shape index (κ1) is 19.7. The third-order valence-corrected chi connectivity index (χ3v) is 5.19. The Morgan fingerprint density at radius 2 is 1.70 bits per heavy atom. The molecule has 30 heavy (non-hydrogen) atoms. The Morgan fingerprint density at radius 1 is 1.00 bits per heavy atom. The SMILES string of the molecule is CN1CCN(c2ccc(NC(=O)c3ccc(-c4ccccc4[N+](=O)[O-])o3)cc2)CC1. The Balaban J connectivity index is 1.44. The lowest BCUT2D eigenvalue weighted by atomic mass is 10.1. The van der Waals surface area contributed by atoms with E-state index in [1.807, 2.05) is 24.3 Å². The van der Waals surface area contributed by atoms with Crippen LogP contribution in [-0.2, 0) is 0 Å². The van der Waals surface area contributed by atoms with Crippen molar-refractivity contribution in [2.75, 3.05) is 43.4 Å². The second-order valence-electron chi connectivity index (χ2n) is 7.23. The maximum Gasteiger partial charge on any atom is 0.291 e. The second kappa shape index (κ2) is 8.38. The fraction of sp³-hybridized carbons (Fsp3) is 0.227. The number of hydrogen-bond donors (Lipinski definition) is 1. The lowest BCUT2D eigenvalue weighted by Crippen LogP contribution is -2.44. The fourth-order valence-corrected chi connectivity index (χ4v) is 3.46. The molecule has 8 heteroatoms. The molecule has 0 aliphatic carbocycles. The van der Waals surface area contributed by atoms with Gasteiger partial charge in [-0.1, -0.05) is 12.1 Å². The van der Waals surface area contributed by atoms with E-state index < -0.39 is 10.8 Å². The minimum atomic E-state index is -0.473. The second-order valence-corrected chi connectivity index (χ2v) is 7.23. The van der Waals surface area contributed by atoms with Crippen LogP contribution in [-0.4, -0.2) is 49.0 Å². The Bertz CT molecular complexity index is 1050. The highest BCUT2D eigenvalue weighted by Gasteiger charge is 2.19. The first-order valence-electron chi connectivity index (χ1n) is 9.70. The van der Waals surface area contributed by atoms with Crippen LogP contribution in [0.15, 0.2) is 65.1 Å². The van der Waals surface area contributed by atoms with Crippen molar-refractivity contribution < 1.29 is 14.1 Å². The molecule has 1 fully saturated rings. The van der Waals surface area contributed by atoms with Crippen molar-refractivity contribution in [2.24, 2.45) is 0 Å². The summed E-state index contributed by atoms with van der Waals surface area (Å²) in [6.45, 7) is 4.00. The molecule has 1 aliphatic rings. The summed E-state index contributed by atoms with van der Waals surface area (Å²) in [5, 5.41) is 14.0. The predicted molar refractivity (Wildman–Crippen MR) is 115 cm³/mol. The van der Waals surface area contributed by atoms with Gasteiger partial charge in [-0.25, -0.2) is 0 Å². The predicted octanol–water partition coefficient (Wildman–Crippen LogP) is 3.86. The fourth-order valence-electron chi connectivity index (χ4n) is 3.46. The molecule has 0 saturated carbocycles. The molecule has 1 aromatic heterocycles. The number of hydrogen-bond acceptors (Lipinski definition) is 6. The van der Waals surface area contributed by atoms with Crippen molar-refractivity contribution in [3.8, 4) is 11.3 Å². The molecule has 0 bridgehead atoms. The first-order valence-corrected chi connectivity index (χ1v) is 9.70.